The molecule has 2 atom stereocenters. The third-order valence-electron chi connectivity index (χ3n) is 10.3. The van der Waals surface area contributed by atoms with Crippen LogP contribution >= 0.6 is 34.4 Å². The summed E-state index contributed by atoms with van der Waals surface area (Å²) in [4.78, 5) is 5.93. The van der Waals surface area contributed by atoms with E-state index in [-0.39, 0.29) is 0 Å². The third kappa shape index (κ3) is 5.16. The Morgan fingerprint density at radius 3 is 1.44 bits per heavy atom. The molecule has 0 radical (unpaired) electrons. The van der Waals surface area contributed by atoms with Gasteiger partial charge in [0.1, 0.15) is 11.0 Å². The molecule has 0 saturated heterocycles. The second-order valence-corrected chi connectivity index (χ2v) is 16.5. The molecule has 6 rings (SSSR count). The van der Waals surface area contributed by atoms with Crippen molar-refractivity contribution in [2.75, 3.05) is 0 Å². The van der Waals surface area contributed by atoms with Gasteiger partial charge in [0.05, 0.1) is 11.7 Å². The zero-order valence-electron chi connectivity index (χ0n) is 26.1. The van der Waals surface area contributed by atoms with E-state index < -0.39 is 0 Å². The number of aromatic nitrogens is 2. The molecule has 5 heteroatoms. The second-order valence-electron chi connectivity index (χ2n) is 13.9. The van der Waals surface area contributed by atoms with E-state index in [1.807, 2.05) is 22.7 Å². The average Bonchev–Trinajstić information content (AvgIpc) is 3.69. The molecule has 0 bridgehead atoms. The predicted molar refractivity (Wildman–Crippen MR) is 182 cm³/mol. The van der Waals surface area contributed by atoms with Gasteiger partial charge in [-0.1, -0.05) is 118 Å². The van der Waals surface area contributed by atoms with Gasteiger partial charge in [0.15, 0.2) is 0 Å². The first-order chi connectivity index (χ1) is 19.8. The summed E-state index contributed by atoms with van der Waals surface area (Å²) in [6.07, 6.45) is 16.3. The summed E-state index contributed by atoms with van der Waals surface area (Å²) < 4.78 is 9.74. The lowest BCUT2D eigenvalue weighted by Gasteiger charge is -2.44. The minimum absolute atomic E-state index is 0.292. The molecule has 2 aliphatic rings. The Balaban J connectivity index is 1.23. The normalized spacial score (nSPS) is 20.0. The lowest BCUT2D eigenvalue weighted by atomic mass is 9.61. The molecule has 220 valence electrons. The van der Waals surface area contributed by atoms with Gasteiger partial charge in [-0.15, -0.1) is 22.7 Å². The molecule has 2 aliphatic carbocycles. The van der Waals surface area contributed by atoms with Crippen LogP contribution in [0.25, 0.3) is 31.9 Å². The molecule has 41 heavy (non-hydrogen) atoms. The fraction of sp³-hybridized carbons (Fsp3) is 0.611. The molecule has 2 nitrogen and oxygen atoms in total. The summed E-state index contributed by atoms with van der Waals surface area (Å²) in [5, 5.41) is 0. The van der Waals surface area contributed by atoms with Crippen LogP contribution in [0.5, 0.6) is 0 Å². The van der Waals surface area contributed by atoms with Crippen LogP contribution in [-0.2, 0) is 10.8 Å². The molecular weight excluding hydrogens is 557 g/mol. The van der Waals surface area contributed by atoms with Gasteiger partial charge >= 0.3 is 0 Å². The van der Waals surface area contributed by atoms with E-state index in [1.165, 1.54) is 110 Å². The summed E-state index contributed by atoms with van der Waals surface area (Å²) in [6, 6.07) is 9.67. The van der Waals surface area contributed by atoms with Gasteiger partial charge in [0, 0.05) is 41.5 Å². The third-order valence-corrected chi connectivity index (χ3v) is 13.9. The fourth-order valence-electron chi connectivity index (χ4n) is 7.74. The van der Waals surface area contributed by atoms with E-state index in [0.717, 1.165) is 11.0 Å². The van der Waals surface area contributed by atoms with E-state index in [1.54, 1.807) is 20.9 Å². The number of hydrogen-bond acceptors (Lipinski definition) is 5. The van der Waals surface area contributed by atoms with Crippen LogP contribution in [0.15, 0.2) is 24.3 Å². The van der Waals surface area contributed by atoms with Crippen molar-refractivity contribution >= 4 is 45.4 Å². The highest BCUT2D eigenvalue weighted by Crippen LogP contribution is 2.60. The Morgan fingerprint density at radius 1 is 0.610 bits per heavy atom. The Bertz CT molecular complexity index is 1390. The van der Waals surface area contributed by atoms with E-state index in [2.05, 4.69) is 65.8 Å². The summed E-state index contributed by atoms with van der Waals surface area (Å²) in [6.45, 7) is 14.4. The van der Waals surface area contributed by atoms with Crippen LogP contribution in [0.3, 0.4) is 0 Å². The molecule has 1 aromatic carbocycles. The predicted octanol–water partition coefficient (Wildman–Crippen LogP) is 12.6. The zero-order chi connectivity index (χ0) is 28.8. The van der Waals surface area contributed by atoms with Crippen LogP contribution in [0.4, 0.5) is 0 Å². The van der Waals surface area contributed by atoms with Crippen molar-refractivity contribution in [2.24, 2.45) is 0 Å². The van der Waals surface area contributed by atoms with E-state index >= 15 is 0 Å². The number of hydrogen-bond donors (Lipinski definition) is 0. The van der Waals surface area contributed by atoms with E-state index in [4.69, 9.17) is 8.75 Å². The first-order valence-corrected chi connectivity index (χ1v) is 18.7. The van der Waals surface area contributed by atoms with Crippen LogP contribution in [0, 0.1) is 0 Å². The Morgan fingerprint density at radius 2 is 1.02 bits per heavy atom. The van der Waals surface area contributed by atoms with Crippen molar-refractivity contribution in [1.29, 1.82) is 0 Å². The standard InChI is InChI=1S/C36H48N2S3/c1-7-9-11-13-15-17-27-25-21-29(39-33(25)35(27,3)4)23-19-20-24(32-31(23)37-41-38-32)30-22-26-28(18-16-14-12-10-8-2)36(5,6)34(26)40-30/h19-22,27-28H,7-18H2,1-6H3. The lowest BCUT2D eigenvalue weighted by Crippen LogP contribution is -2.36. The molecule has 0 amide bonds. The molecular formula is C36H48N2S3. The number of rotatable bonds is 14. The van der Waals surface area contributed by atoms with Gasteiger partial charge in [-0.3, -0.25) is 0 Å². The highest BCUT2D eigenvalue weighted by Gasteiger charge is 2.47. The first kappa shape index (κ1) is 29.5. The SMILES string of the molecule is CCCCCCCC1c2cc(-c3ccc(-c4cc5c(s4)C(C)(C)C5CCCCCCC)c4nsnc34)sc2C1(C)C. The van der Waals surface area contributed by atoms with Crippen LogP contribution in [0.1, 0.15) is 151 Å². The van der Waals surface area contributed by atoms with E-state index in [9.17, 15) is 0 Å². The molecule has 0 saturated carbocycles. The second kappa shape index (κ2) is 11.8. The van der Waals surface area contributed by atoms with Crippen molar-refractivity contribution in [1.82, 2.24) is 8.75 Å². The largest absolute Gasteiger partial charge is 0.172 e. The molecule has 0 aliphatic heterocycles. The van der Waals surface area contributed by atoms with Crippen molar-refractivity contribution in [3.63, 3.8) is 0 Å². The van der Waals surface area contributed by atoms with Crippen molar-refractivity contribution in [3.8, 4) is 20.9 Å². The van der Waals surface area contributed by atoms with Crippen molar-refractivity contribution < 1.29 is 0 Å². The van der Waals surface area contributed by atoms with Gasteiger partial charge in [-0.25, -0.2) is 0 Å². The van der Waals surface area contributed by atoms with Gasteiger partial charge < -0.3 is 0 Å². The molecule has 3 heterocycles. The summed E-state index contributed by atoms with van der Waals surface area (Å²) >= 11 is 5.37. The lowest BCUT2D eigenvalue weighted by molar-refractivity contribution is 0.329. The highest BCUT2D eigenvalue weighted by atomic mass is 32.1. The topological polar surface area (TPSA) is 25.8 Å². The number of thiophene rings is 2. The molecule has 3 aromatic heterocycles. The molecule has 2 unspecified atom stereocenters. The molecule has 0 N–H and O–H groups in total. The average molecular weight is 605 g/mol. The van der Waals surface area contributed by atoms with Crippen LogP contribution in [-0.4, -0.2) is 8.75 Å². The summed E-state index contributed by atoms with van der Waals surface area (Å²) in [7, 11) is 0. The number of benzene rings is 1. The first-order valence-electron chi connectivity index (χ1n) is 16.3. The van der Waals surface area contributed by atoms with Crippen molar-refractivity contribution in [2.45, 2.75) is 141 Å². The van der Waals surface area contributed by atoms with Gasteiger partial charge in [0.25, 0.3) is 0 Å². The maximum Gasteiger partial charge on any atom is 0.114 e. The summed E-state index contributed by atoms with van der Waals surface area (Å²) in [5.74, 6) is 1.39. The minimum atomic E-state index is 0.292. The van der Waals surface area contributed by atoms with E-state index in [0.29, 0.717) is 22.7 Å². The van der Waals surface area contributed by atoms with Gasteiger partial charge in [-0.05, 0) is 47.9 Å². The Kier molecular flexibility index (Phi) is 8.53. The Hall–Kier alpha value is -1.56. The molecule has 4 aromatic rings. The minimum Gasteiger partial charge on any atom is -0.172 e. The number of nitrogens with zero attached hydrogens (tertiary/aromatic N) is 2. The van der Waals surface area contributed by atoms with Gasteiger partial charge in [-0.2, -0.15) is 8.75 Å². The quantitative estimate of drug-likeness (QED) is 0.134. The monoisotopic (exact) mass is 604 g/mol. The van der Waals surface area contributed by atoms with Crippen molar-refractivity contribution in [3.05, 3.63) is 45.1 Å². The molecule has 0 fully saturated rings. The highest BCUT2D eigenvalue weighted by molar-refractivity contribution is 7.16. The Labute approximate surface area is 260 Å². The zero-order valence-corrected chi connectivity index (χ0v) is 28.5. The van der Waals surface area contributed by atoms with Crippen LogP contribution in [0.2, 0.25) is 0 Å². The van der Waals surface area contributed by atoms with Crippen LogP contribution < -0.4 is 0 Å². The van der Waals surface area contributed by atoms with Gasteiger partial charge in [0.2, 0.25) is 0 Å². The number of unbranched alkanes of at least 4 members (excludes halogenated alkanes) is 8. The fourth-order valence-corrected chi connectivity index (χ4v) is 11.1. The number of fused-ring (bicyclic) bond motifs is 3. The smallest absolute Gasteiger partial charge is 0.114 e. The maximum absolute atomic E-state index is 4.87. The summed E-state index contributed by atoms with van der Waals surface area (Å²) in [5.41, 5.74) is 8.51. The maximum atomic E-state index is 4.87. The molecule has 0 spiro atoms.